The van der Waals surface area contributed by atoms with Crippen LogP contribution in [-0.2, 0) is 56.3 Å². The Bertz CT molecular complexity index is 2750. The number of amides is 4. The zero-order valence-corrected chi connectivity index (χ0v) is 41.2. The maximum Gasteiger partial charge on any atom is 0.324 e. The van der Waals surface area contributed by atoms with Gasteiger partial charge < -0.3 is 24.6 Å². The second kappa shape index (κ2) is 19.9. The molecule has 0 spiro atoms. The summed E-state index contributed by atoms with van der Waals surface area (Å²) in [5.41, 5.74) is 6.35. The number of hydrogen-bond acceptors (Lipinski definition) is 13. The van der Waals surface area contributed by atoms with Gasteiger partial charge in [-0.1, -0.05) is 39.7 Å². The molecule has 4 amide bonds. The molecule has 5 atom stereocenters. The van der Waals surface area contributed by atoms with E-state index in [0.29, 0.717) is 81.9 Å². The van der Waals surface area contributed by atoms with E-state index in [2.05, 4.69) is 27.6 Å². The van der Waals surface area contributed by atoms with Crippen LogP contribution >= 0.6 is 11.3 Å². The number of thiazole rings is 1. The molecular weight excluding hydrogens is 897 g/mol. The smallest absolute Gasteiger partial charge is 0.324 e. The summed E-state index contributed by atoms with van der Waals surface area (Å²) in [5.74, 6) is 2.03. The van der Waals surface area contributed by atoms with Crippen molar-refractivity contribution in [2.75, 3.05) is 46.7 Å². The highest BCUT2D eigenvalue weighted by Crippen LogP contribution is 2.42. The Morgan fingerprint density at radius 3 is 2.58 bits per heavy atom. The molecule has 6 heterocycles. The number of likely N-dealkylation sites (tertiary alicyclic amines) is 1. The van der Waals surface area contributed by atoms with Crippen molar-refractivity contribution in [3.05, 3.63) is 58.2 Å². The summed E-state index contributed by atoms with van der Waals surface area (Å²) in [4.78, 5) is 81.9. The largest absolute Gasteiger partial charge is 0.464 e. The SMILES string of the molecule is CC#CC(=O)N1CC[C@H](C(=O)N(C)C(C(=O)N[C@H]2Cc3nc(cs3)-c3ccc4c(c3)c(c(-c3cccnc3[C@H](C)OC)n4S(C)(=O)=O)CC(C)(C)COC(=O)[C@@H]3CCCN(N3)C2=O)C(C)C)C1. The number of aromatic nitrogens is 3. The monoisotopic (exact) mass is 956 g/mol. The van der Waals surface area contributed by atoms with E-state index >= 15 is 0 Å². The van der Waals surface area contributed by atoms with Crippen LogP contribution in [0.15, 0.2) is 41.9 Å². The number of fused-ring (bicyclic) bond motifs is 6. The van der Waals surface area contributed by atoms with Gasteiger partial charge in [-0.3, -0.25) is 34.0 Å². The van der Waals surface area contributed by atoms with Gasteiger partial charge in [-0.15, -0.1) is 11.3 Å². The predicted molar refractivity (Wildman–Crippen MR) is 253 cm³/mol. The van der Waals surface area contributed by atoms with Gasteiger partial charge in [-0.2, -0.15) is 0 Å². The molecule has 1 unspecified atom stereocenters. The Kier molecular flexibility index (Phi) is 14.6. The zero-order valence-electron chi connectivity index (χ0n) is 39.5. The Hall–Kier alpha value is -5.68. The fourth-order valence-electron chi connectivity index (χ4n) is 9.39. The molecule has 358 valence electrons. The molecule has 0 aliphatic carbocycles. The van der Waals surface area contributed by atoms with E-state index in [1.165, 1.54) is 30.1 Å². The summed E-state index contributed by atoms with van der Waals surface area (Å²) in [6, 6.07) is 6.08. The van der Waals surface area contributed by atoms with Crippen molar-refractivity contribution in [1.29, 1.82) is 0 Å². The summed E-state index contributed by atoms with van der Waals surface area (Å²) in [6.45, 7) is 11.8. The van der Waals surface area contributed by atoms with Crippen LogP contribution in [0.3, 0.4) is 0 Å². The summed E-state index contributed by atoms with van der Waals surface area (Å²) in [6.07, 6.45) is 3.91. The number of likely N-dealkylation sites (N-methyl/N-ethyl adjacent to an activating group) is 1. The number of carbonyl (C=O) groups excluding carboxylic acids is 5. The van der Waals surface area contributed by atoms with Gasteiger partial charge >= 0.3 is 5.97 Å². The molecule has 1 aromatic carbocycles. The number of ether oxygens (including phenoxy) is 2. The zero-order chi connectivity index (χ0) is 48.5. The number of hydrazine groups is 1. The number of esters is 1. The molecule has 17 nitrogen and oxygen atoms in total. The standard InChI is InChI=1S/C48H60N8O9S2/c1-10-13-40(57)54-21-18-31(25-54)45(59)53(7)42(28(2)3)44(58)51-36-23-39-50-37(26-66-39)30-16-17-38-33(22-30)34(24-48(5,6)27-65-47(61)35-15-12-20-55(52-35)46(36)60)43(56(38)67(9,62)63)32-14-11-19-49-41(32)29(4)64-8/h11,14,16-17,19,22,26,28-29,31,35-36,42,52H,12,15,18,20-21,23-25,27H2,1-9H3,(H,51,58)/t29-,31-,35-,36-,42?/m0/s1. The fourth-order valence-corrected chi connectivity index (χ4v) is 11.3. The minimum absolute atomic E-state index is 0.0130. The lowest BCUT2D eigenvalue weighted by Crippen LogP contribution is -2.62. The lowest BCUT2D eigenvalue weighted by Gasteiger charge is -2.36. The molecule has 7 rings (SSSR count). The van der Waals surface area contributed by atoms with Crippen LogP contribution in [0.2, 0.25) is 0 Å². The van der Waals surface area contributed by atoms with Crippen molar-refractivity contribution in [3.63, 3.8) is 0 Å². The summed E-state index contributed by atoms with van der Waals surface area (Å²) in [7, 11) is -0.800. The van der Waals surface area contributed by atoms with Crippen molar-refractivity contribution in [2.24, 2.45) is 17.3 Å². The molecule has 0 saturated carbocycles. The highest BCUT2D eigenvalue weighted by atomic mass is 32.2. The van der Waals surface area contributed by atoms with Gasteiger partial charge in [-0.25, -0.2) is 22.8 Å². The van der Waals surface area contributed by atoms with Crippen LogP contribution < -0.4 is 10.7 Å². The molecule has 3 aromatic heterocycles. The minimum Gasteiger partial charge on any atom is -0.464 e. The summed E-state index contributed by atoms with van der Waals surface area (Å²) >= 11 is 1.31. The van der Waals surface area contributed by atoms with Gasteiger partial charge in [0.2, 0.25) is 21.8 Å². The molecule has 2 N–H and O–H groups in total. The summed E-state index contributed by atoms with van der Waals surface area (Å²) < 4.78 is 40.9. The number of methoxy groups -OCH3 is 1. The van der Waals surface area contributed by atoms with Crippen LogP contribution in [0.1, 0.15) is 83.2 Å². The maximum absolute atomic E-state index is 14.6. The first-order valence-electron chi connectivity index (χ1n) is 22.6. The first-order valence-corrected chi connectivity index (χ1v) is 25.3. The molecule has 19 heteroatoms. The van der Waals surface area contributed by atoms with Gasteiger partial charge in [-0.05, 0) is 81.2 Å². The van der Waals surface area contributed by atoms with E-state index in [9.17, 15) is 32.4 Å². The second-order valence-corrected chi connectivity index (χ2v) is 21.6. The molecule has 0 radical (unpaired) electrons. The number of hydrogen-bond donors (Lipinski definition) is 2. The Morgan fingerprint density at radius 1 is 1.12 bits per heavy atom. The molecule has 4 aromatic rings. The second-order valence-electron chi connectivity index (χ2n) is 18.8. The van der Waals surface area contributed by atoms with Crippen molar-refractivity contribution >= 4 is 61.9 Å². The molecule has 3 aliphatic heterocycles. The van der Waals surface area contributed by atoms with Crippen molar-refractivity contribution in [2.45, 2.75) is 97.9 Å². The molecular formula is C48H60N8O9S2. The lowest BCUT2D eigenvalue weighted by atomic mass is 9.84. The fraction of sp³-hybridized carbons (Fsp3) is 0.521. The van der Waals surface area contributed by atoms with Crippen LogP contribution in [0, 0.1) is 29.1 Å². The van der Waals surface area contributed by atoms with E-state index < -0.39 is 63.4 Å². The van der Waals surface area contributed by atoms with Gasteiger partial charge in [0.15, 0.2) is 0 Å². The normalized spacial score (nSPS) is 21.0. The van der Waals surface area contributed by atoms with E-state index in [4.69, 9.17) is 14.5 Å². The average molecular weight is 957 g/mol. The maximum atomic E-state index is 14.6. The number of pyridine rings is 1. The van der Waals surface area contributed by atoms with E-state index in [0.717, 1.165) is 6.26 Å². The number of carbonyl (C=O) groups is 5. The van der Waals surface area contributed by atoms with Crippen LogP contribution in [0.4, 0.5) is 0 Å². The third-order valence-corrected chi connectivity index (χ3v) is 14.7. The Morgan fingerprint density at radius 2 is 1.88 bits per heavy atom. The Labute approximate surface area is 396 Å². The number of cyclic esters (lactones) is 1. The minimum atomic E-state index is -3.93. The van der Waals surface area contributed by atoms with Gasteiger partial charge in [0.1, 0.15) is 18.1 Å². The highest BCUT2D eigenvalue weighted by Gasteiger charge is 2.41. The van der Waals surface area contributed by atoms with Crippen molar-refractivity contribution in [1.82, 2.24) is 39.5 Å². The lowest BCUT2D eigenvalue weighted by molar-refractivity contribution is -0.155. The third-order valence-electron chi connectivity index (χ3n) is 12.8. The van der Waals surface area contributed by atoms with Gasteiger partial charge in [0, 0.05) is 73.7 Å². The van der Waals surface area contributed by atoms with Crippen LogP contribution in [0.25, 0.3) is 33.4 Å². The van der Waals surface area contributed by atoms with Gasteiger partial charge in [0.25, 0.3) is 11.8 Å². The highest BCUT2D eigenvalue weighted by molar-refractivity contribution is 7.89. The molecule has 67 heavy (non-hydrogen) atoms. The Balaban J connectivity index is 1.29. The number of nitrogens with one attached hydrogen (secondary N) is 2. The number of rotatable bonds is 9. The van der Waals surface area contributed by atoms with Crippen LogP contribution in [-0.4, -0.2) is 132 Å². The number of benzene rings is 1. The average Bonchev–Trinajstić information content (AvgIpc) is 4.05. The molecule has 3 aliphatic rings. The van der Waals surface area contributed by atoms with E-state index in [1.54, 1.807) is 39.4 Å². The predicted octanol–water partition coefficient (Wildman–Crippen LogP) is 4.35. The summed E-state index contributed by atoms with van der Waals surface area (Å²) in [5, 5.41) is 7.37. The topological polar surface area (TPSA) is 202 Å². The van der Waals surface area contributed by atoms with Gasteiger partial charge in [0.05, 0.1) is 52.5 Å². The first kappa shape index (κ1) is 49.2. The molecule has 2 fully saturated rings. The molecule has 6 bridgehead atoms. The van der Waals surface area contributed by atoms with Crippen molar-refractivity contribution in [3.8, 4) is 34.4 Å². The van der Waals surface area contributed by atoms with E-state index in [1.807, 2.05) is 58.2 Å². The van der Waals surface area contributed by atoms with Crippen molar-refractivity contribution < 1.29 is 41.9 Å². The number of nitrogens with zero attached hydrogens (tertiary/aromatic N) is 6. The van der Waals surface area contributed by atoms with Crippen LogP contribution in [0.5, 0.6) is 0 Å². The first-order chi connectivity index (χ1) is 31.7. The quantitative estimate of drug-likeness (QED) is 0.178. The van der Waals surface area contributed by atoms with E-state index in [-0.39, 0.29) is 43.8 Å². The molecule has 2 saturated heterocycles. The third kappa shape index (κ3) is 10.4.